The highest BCUT2D eigenvalue weighted by Gasteiger charge is 1.96. The van der Waals surface area contributed by atoms with Crippen LogP contribution in [-0.2, 0) is 6.42 Å². The topological polar surface area (TPSA) is 34.1 Å². The zero-order valence-corrected chi connectivity index (χ0v) is 11.3. The Kier molecular flexibility index (Phi) is 5.23. The highest BCUT2D eigenvalue weighted by Crippen LogP contribution is 2.15. The van der Waals surface area contributed by atoms with Gasteiger partial charge in [0.1, 0.15) is 5.75 Å². The summed E-state index contributed by atoms with van der Waals surface area (Å²) in [5, 5.41) is 3.39. The Morgan fingerprint density at radius 3 is 2.68 bits per heavy atom. The van der Waals surface area contributed by atoms with Crippen LogP contribution in [-0.4, -0.2) is 18.1 Å². The van der Waals surface area contributed by atoms with Gasteiger partial charge in [-0.2, -0.15) is 0 Å². The third kappa shape index (κ3) is 4.62. The first-order valence-electron chi connectivity index (χ1n) is 6.74. The van der Waals surface area contributed by atoms with Gasteiger partial charge < -0.3 is 10.1 Å². The molecule has 2 aromatic rings. The number of hydrogen-bond acceptors (Lipinski definition) is 3. The fourth-order valence-corrected chi connectivity index (χ4v) is 1.79. The Labute approximate surface area is 114 Å². The van der Waals surface area contributed by atoms with Crippen LogP contribution >= 0.6 is 0 Å². The summed E-state index contributed by atoms with van der Waals surface area (Å²) in [6.07, 6.45) is 5.71. The molecule has 1 aromatic carbocycles. The quantitative estimate of drug-likeness (QED) is 0.823. The summed E-state index contributed by atoms with van der Waals surface area (Å²) in [7, 11) is 0. The SMILES string of the molecule is CCCOc1ccc(NCCc2cccnc2)cc1. The van der Waals surface area contributed by atoms with Gasteiger partial charge in [0.15, 0.2) is 0 Å². The van der Waals surface area contributed by atoms with E-state index in [-0.39, 0.29) is 0 Å². The van der Waals surface area contributed by atoms with Crippen LogP contribution < -0.4 is 10.1 Å². The molecule has 0 radical (unpaired) electrons. The van der Waals surface area contributed by atoms with Crippen LogP contribution in [0.5, 0.6) is 5.75 Å². The van der Waals surface area contributed by atoms with Gasteiger partial charge in [-0.1, -0.05) is 13.0 Å². The second-order valence-electron chi connectivity index (χ2n) is 4.41. The molecule has 0 saturated carbocycles. The second kappa shape index (κ2) is 7.41. The molecule has 100 valence electrons. The highest BCUT2D eigenvalue weighted by atomic mass is 16.5. The van der Waals surface area contributed by atoms with Crippen molar-refractivity contribution in [3.8, 4) is 5.75 Å². The number of nitrogens with zero attached hydrogens (tertiary/aromatic N) is 1. The summed E-state index contributed by atoms with van der Waals surface area (Å²) in [6, 6.07) is 12.2. The molecular weight excluding hydrogens is 236 g/mol. The first kappa shape index (κ1) is 13.4. The van der Waals surface area contributed by atoms with E-state index < -0.39 is 0 Å². The van der Waals surface area contributed by atoms with E-state index in [0.29, 0.717) is 0 Å². The molecule has 0 amide bonds. The van der Waals surface area contributed by atoms with Crippen LogP contribution in [0.25, 0.3) is 0 Å². The van der Waals surface area contributed by atoms with E-state index in [1.165, 1.54) is 5.56 Å². The number of pyridine rings is 1. The molecule has 19 heavy (non-hydrogen) atoms. The Hall–Kier alpha value is -2.03. The van der Waals surface area contributed by atoms with Crippen LogP contribution in [0.4, 0.5) is 5.69 Å². The van der Waals surface area contributed by atoms with E-state index in [2.05, 4.69) is 23.3 Å². The number of rotatable bonds is 7. The van der Waals surface area contributed by atoms with Crippen molar-refractivity contribution < 1.29 is 4.74 Å². The largest absolute Gasteiger partial charge is 0.494 e. The maximum atomic E-state index is 5.55. The van der Waals surface area contributed by atoms with Crippen molar-refractivity contribution in [3.05, 3.63) is 54.4 Å². The molecule has 3 nitrogen and oxygen atoms in total. The van der Waals surface area contributed by atoms with Crippen molar-refractivity contribution >= 4 is 5.69 Å². The summed E-state index contributed by atoms with van der Waals surface area (Å²) >= 11 is 0. The van der Waals surface area contributed by atoms with Gasteiger partial charge >= 0.3 is 0 Å². The normalized spacial score (nSPS) is 10.2. The van der Waals surface area contributed by atoms with Crippen LogP contribution in [0, 0.1) is 0 Å². The number of aromatic nitrogens is 1. The van der Waals surface area contributed by atoms with E-state index in [4.69, 9.17) is 4.74 Å². The molecule has 0 aliphatic rings. The number of anilines is 1. The summed E-state index contributed by atoms with van der Waals surface area (Å²) in [6.45, 7) is 3.78. The van der Waals surface area contributed by atoms with Crippen LogP contribution in [0.1, 0.15) is 18.9 Å². The molecule has 0 aliphatic heterocycles. The van der Waals surface area contributed by atoms with Gasteiger partial charge in [-0.05, 0) is 48.7 Å². The fraction of sp³-hybridized carbons (Fsp3) is 0.312. The van der Waals surface area contributed by atoms with Gasteiger partial charge in [-0.25, -0.2) is 0 Å². The zero-order chi connectivity index (χ0) is 13.3. The number of benzene rings is 1. The van der Waals surface area contributed by atoms with Crippen molar-refractivity contribution in [2.24, 2.45) is 0 Å². The summed E-state index contributed by atoms with van der Waals surface area (Å²) < 4.78 is 5.55. The monoisotopic (exact) mass is 256 g/mol. The van der Waals surface area contributed by atoms with Gasteiger partial charge in [-0.15, -0.1) is 0 Å². The third-order valence-electron chi connectivity index (χ3n) is 2.79. The molecule has 1 aromatic heterocycles. The van der Waals surface area contributed by atoms with Crippen LogP contribution in [0.15, 0.2) is 48.8 Å². The molecule has 0 aliphatic carbocycles. The zero-order valence-electron chi connectivity index (χ0n) is 11.3. The second-order valence-corrected chi connectivity index (χ2v) is 4.41. The van der Waals surface area contributed by atoms with Gasteiger partial charge in [0, 0.05) is 24.6 Å². The molecule has 1 N–H and O–H groups in total. The van der Waals surface area contributed by atoms with E-state index in [1.807, 2.05) is 36.5 Å². The van der Waals surface area contributed by atoms with Crippen molar-refractivity contribution in [1.29, 1.82) is 0 Å². The molecule has 0 bridgehead atoms. The lowest BCUT2D eigenvalue weighted by atomic mass is 10.2. The minimum Gasteiger partial charge on any atom is -0.494 e. The summed E-state index contributed by atoms with van der Waals surface area (Å²) in [5.41, 5.74) is 2.37. The average molecular weight is 256 g/mol. The molecule has 0 atom stereocenters. The van der Waals surface area contributed by atoms with E-state index in [9.17, 15) is 0 Å². The molecule has 0 fully saturated rings. The lowest BCUT2D eigenvalue weighted by molar-refractivity contribution is 0.317. The lowest BCUT2D eigenvalue weighted by Gasteiger charge is -2.08. The van der Waals surface area contributed by atoms with E-state index >= 15 is 0 Å². The Morgan fingerprint density at radius 2 is 2.00 bits per heavy atom. The molecular formula is C16H20N2O. The lowest BCUT2D eigenvalue weighted by Crippen LogP contribution is -2.05. The van der Waals surface area contributed by atoms with Crippen molar-refractivity contribution in [3.63, 3.8) is 0 Å². The van der Waals surface area contributed by atoms with E-state index in [1.54, 1.807) is 6.20 Å². The van der Waals surface area contributed by atoms with Crippen molar-refractivity contribution in [2.45, 2.75) is 19.8 Å². The highest BCUT2D eigenvalue weighted by molar-refractivity contribution is 5.46. The van der Waals surface area contributed by atoms with Gasteiger partial charge in [0.05, 0.1) is 6.61 Å². The first-order valence-corrected chi connectivity index (χ1v) is 6.74. The van der Waals surface area contributed by atoms with Crippen molar-refractivity contribution in [1.82, 2.24) is 4.98 Å². The third-order valence-corrected chi connectivity index (χ3v) is 2.79. The fourth-order valence-electron chi connectivity index (χ4n) is 1.79. The number of nitrogens with one attached hydrogen (secondary N) is 1. The molecule has 0 saturated heterocycles. The maximum Gasteiger partial charge on any atom is 0.119 e. The Morgan fingerprint density at radius 1 is 1.16 bits per heavy atom. The molecule has 0 spiro atoms. The Bertz CT molecular complexity index is 468. The average Bonchev–Trinajstić information content (AvgIpc) is 2.47. The van der Waals surface area contributed by atoms with Gasteiger partial charge in [-0.3, -0.25) is 4.98 Å². The molecule has 3 heteroatoms. The summed E-state index contributed by atoms with van der Waals surface area (Å²) in [5.74, 6) is 0.930. The smallest absolute Gasteiger partial charge is 0.119 e. The first-order chi connectivity index (χ1) is 9.38. The predicted molar refractivity (Wildman–Crippen MR) is 78.7 cm³/mol. The number of hydrogen-bond donors (Lipinski definition) is 1. The van der Waals surface area contributed by atoms with Crippen molar-refractivity contribution in [2.75, 3.05) is 18.5 Å². The molecule has 2 rings (SSSR count). The minimum atomic E-state index is 0.772. The Balaban J connectivity index is 1.77. The standard InChI is InChI=1S/C16H20N2O/c1-2-12-19-16-7-5-15(6-8-16)18-11-9-14-4-3-10-17-13-14/h3-8,10,13,18H,2,9,11-12H2,1H3. The predicted octanol–water partition coefficient (Wildman–Crippen LogP) is 3.53. The van der Waals surface area contributed by atoms with E-state index in [0.717, 1.165) is 37.4 Å². The molecule has 1 heterocycles. The van der Waals surface area contributed by atoms with Gasteiger partial charge in [0.2, 0.25) is 0 Å². The minimum absolute atomic E-state index is 0.772. The van der Waals surface area contributed by atoms with Crippen LogP contribution in [0.3, 0.4) is 0 Å². The van der Waals surface area contributed by atoms with Gasteiger partial charge in [0.25, 0.3) is 0 Å². The molecule has 0 unspecified atom stereocenters. The van der Waals surface area contributed by atoms with Crippen LogP contribution in [0.2, 0.25) is 0 Å². The number of ether oxygens (including phenoxy) is 1. The summed E-state index contributed by atoms with van der Waals surface area (Å²) in [4.78, 5) is 4.11. The maximum absolute atomic E-state index is 5.55.